The number of nitrogens with zero attached hydrogens (tertiary/aromatic N) is 1. The molecule has 1 saturated heterocycles. The molecule has 1 aliphatic carbocycles. The summed E-state index contributed by atoms with van der Waals surface area (Å²) in [5.74, 6) is -1.40. The number of nitrogens with one attached hydrogen (secondary N) is 1. The average Bonchev–Trinajstić information content (AvgIpc) is 3.13. The van der Waals surface area contributed by atoms with E-state index in [-0.39, 0.29) is 37.1 Å². The first-order chi connectivity index (χ1) is 16.4. The van der Waals surface area contributed by atoms with Crippen molar-refractivity contribution in [2.24, 2.45) is 5.92 Å². The number of ether oxygens (including phenoxy) is 2. The van der Waals surface area contributed by atoms with E-state index < -0.39 is 18.1 Å². The average molecular weight is 467 g/mol. The van der Waals surface area contributed by atoms with E-state index in [4.69, 9.17) is 14.6 Å². The minimum atomic E-state index is -1.04. The highest BCUT2D eigenvalue weighted by Crippen LogP contribution is 2.44. The molecule has 2 aromatic carbocycles. The van der Waals surface area contributed by atoms with E-state index >= 15 is 0 Å². The Kier molecular flexibility index (Phi) is 7.17. The van der Waals surface area contributed by atoms with E-state index in [2.05, 4.69) is 29.6 Å². The molecule has 2 aromatic rings. The summed E-state index contributed by atoms with van der Waals surface area (Å²) in [7, 11) is 0. The number of benzene rings is 2. The van der Waals surface area contributed by atoms with Gasteiger partial charge >= 0.3 is 12.1 Å². The zero-order valence-corrected chi connectivity index (χ0v) is 19.4. The normalized spacial score (nSPS) is 16.7. The number of carboxylic acids is 1. The summed E-state index contributed by atoms with van der Waals surface area (Å²) in [4.78, 5) is 38.0. The van der Waals surface area contributed by atoms with Gasteiger partial charge in [0.25, 0.3) is 0 Å². The fourth-order valence-electron chi connectivity index (χ4n) is 4.56. The molecule has 8 nitrogen and oxygen atoms in total. The molecule has 0 unspecified atom stereocenters. The number of rotatable bonds is 9. The number of hydrogen-bond acceptors (Lipinski definition) is 5. The van der Waals surface area contributed by atoms with Crippen LogP contribution in [0.15, 0.2) is 48.5 Å². The summed E-state index contributed by atoms with van der Waals surface area (Å²) in [5.41, 5.74) is 4.55. The number of aliphatic carboxylic acids is 1. The highest BCUT2D eigenvalue weighted by Gasteiger charge is 2.38. The first-order valence-corrected chi connectivity index (χ1v) is 11.6. The highest BCUT2D eigenvalue weighted by molar-refractivity contribution is 5.87. The van der Waals surface area contributed by atoms with Crippen LogP contribution in [0, 0.1) is 5.92 Å². The SMILES string of the molecule is CC[C@H](C)[C@H](NC(=O)OCC1c2ccccc2-c2ccccc21)C(=O)N1CC(OCC(=O)O)C1. The third-order valence-electron chi connectivity index (χ3n) is 6.70. The lowest BCUT2D eigenvalue weighted by molar-refractivity contribution is -0.156. The Balaban J connectivity index is 1.36. The predicted molar refractivity (Wildman–Crippen MR) is 125 cm³/mol. The van der Waals surface area contributed by atoms with Gasteiger partial charge in [-0.05, 0) is 28.2 Å². The monoisotopic (exact) mass is 466 g/mol. The van der Waals surface area contributed by atoms with E-state index in [0.717, 1.165) is 22.3 Å². The summed E-state index contributed by atoms with van der Waals surface area (Å²) in [6.07, 6.45) is -0.223. The molecule has 0 spiro atoms. The Labute approximate surface area is 198 Å². The molecular formula is C26H30N2O6. The topological polar surface area (TPSA) is 105 Å². The molecule has 0 aromatic heterocycles. The molecular weight excluding hydrogens is 436 g/mol. The third kappa shape index (κ3) is 4.92. The molecule has 8 heteroatoms. The van der Waals surface area contributed by atoms with Crippen molar-refractivity contribution in [3.8, 4) is 11.1 Å². The lowest BCUT2D eigenvalue weighted by atomic mass is 9.96. The van der Waals surface area contributed by atoms with Gasteiger partial charge in [0, 0.05) is 19.0 Å². The van der Waals surface area contributed by atoms with Crippen LogP contribution in [-0.4, -0.2) is 66.4 Å². The third-order valence-corrected chi connectivity index (χ3v) is 6.70. The van der Waals surface area contributed by atoms with Crippen LogP contribution in [0.4, 0.5) is 4.79 Å². The number of amides is 2. The highest BCUT2D eigenvalue weighted by atomic mass is 16.5. The number of hydrogen-bond donors (Lipinski definition) is 2. The van der Waals surface area contributed by atoms with E-state index in [1.165, 1.54) is 0 Å². The van der Waals surface area contributed by atoms with Gasteiger partial charge in [-0.25, -0.2) is 9.59 Å². The van der Waals surface area contributed by atoms with Crippen molar-refractivity contribution in [2.45, 2.75) is 38.3 Å². The van der Waals surface area contributed by atoms with E-state index in [1.807, 2.05) is 38.1 Å². The van der Waals surface area contributed by atoms with Crippen molar-refractivity contribution in [2.75, 3.05) is 26.3 Å². The van der Waals surface area contributed by atoms with Gasteiger partial charge in [0.2, 0.25) is 5.91 Å². The molecule has 2 aliphatic rings. The van der Waals surface area contributed by atoms with Gasteiger partial charge in [0.1, 0.15) is 19.3 Å². The van der Waals surface area contributed by atoms with E-state index in [1.54, 1.807) is 4.90 Å². The molecule has 1 aliphatic heterocycles. The molecule has 34 heavy (non-hydrogen) atoms. The number of fused-ring (bicyclic) bond motifs is 3. The number of likely N-dealkylation sites (tertiary alicyclic amines) is 1. The van der Waals surface area contributed by atoms with Crippen molar-refractivity contribution >= 4 is 18.0 Å². The Morgan fingerprint density at radius 2 is 1.65 bits per heavy atom. The Morgan fingerprint density at radius 3 is 2.21 bits per heavy atom. The minimum absolute atomic E-state index is 0.0570. The largest absolute Gasteiger partial charge is 0.480 e. The van der Waals surface area contributed by atoms with Gasteiger partial charge in [-0.3, -0.25) is 4.79 Å². The van der Waals surface area contributed by atoms with Gasteiger partial charge in [0.15, 0.2) is 0 Å². The first-order valence-electron chi connectivity index (χ1n) is 11.6. The number of carboxylic acid groups (broad SMARTS) is 1. The Morgan fingerprint density at radius 1 is 1.06 bits per heavy atom. The van der Waals surface area contributed by atoms with Gasteiger partial charge < -0.3 is 24.8 Å². The van der Waals surface area contributed by atoms with Crippen molar-refractivity contribution < 1.29 is 29.0 Å². The van der Waals surface area contributed by atoms with Gasteiger partial charge in [0.05, 0.1) is 6.10 Å². The maximum atomic E-state index is 13.0. The smallest absolute Gasteiger partial charge is 0.407 e. The van der Waals surface area contributed by atoms with Crippen LogP contribution in [-0.2, 0) is 19.1 Å². The molecule has 1 fully saturated rings. The van der Waals surface area contributed by atoms with Crippen molar-refractivity contribution in [3.63, 3.8) is 0 Å². The van der Waals surface area contributed by atoms with Crippen molar-refractivity contribution in [3.05, 3.63) is 59.7 Å². The molecule has 1 heterocycles. The Bertz CT molecular complexity index is 1020. The number of carbonyl (C=O) groups is 3. The zero-order chi connectivity index (χ0) is 24.2. The summed E-state index contributed by atoms with van der Waals surface area (Å²) in [5, 5.41) is 11.5. The van der Waals surface area contributed by atoms with Crippen LogP contribution in [0.2, 0.25) is 0 Å². The molecule has 180 valence electrons. The second-order valence-electron chi connectivity index (χ2n) is 8.90. The Hall–Kier alpha value is -3.39. The van der Waals surface area contributed by atoms with Crippen molar-refractivity contribution in [1.82, 2.24) is 10.2 Å². The van der Waals surface area contributed by atoms with Crippen LogP contribution >= 0.6 is 0 Å². The molecule has 0 radical (unpaired) electrons. The van der Waals surface area contributed by atoms with Gasteiger partial charge in [-0.1, -0.05) is 68.8 Å². The van der Waals surface area contributed by atoms with Crippen LogP contribution < -0.4 is 5.32 Å². The fourth-order valence-corrected chi connectivity index (χ4v) is 4.56. The molecule has 2 N–H and O–H groups in total. The maximum absolute atomic E-state index is 13.0. The molecule has 4 rings (SSSR count). The van der Waals surface area contributed by atoms with Gasteiger partial charge in [-0.15, -0.1) is 0 Å². The number of alkyl carbamates (subject to hydrolysis) is 1. The molecule has 0 saturated carbocycles. The zero-order valence-electron chi connectivity index (χ0n) is 19.4. The maximum Gasteiger partial charge on any atom is 0.407 e. The van der Waals surface area contributed by atoms with Crippen LogP contribution in [0.25, 0.3) is 11.1 Å². The summed E-state index contributed by atoms with van der Waals surface area (Å²) in [6.45, 7) is 4.27. The van der Waals surface area contributed by atoms with E-state index in [0.29, 0.717) is 19.5 Å². The molecule has 0 bridgehead atoms. The van der Waals surface area contributed by atoms with Crippen molar-refractivity contribution in [1.29, 1.82) is 0 Å². The quantitative estimate of drug-likeness (QED) is 0.588. The lowest BCUT2D eigenvalue weighted by Gasteiger charge is -2.41. The second kappa shape index (κ2) is 10.3. The van der Waals surface area contributed by atoms with Crippen LogP contribution in [0.1, 0.15) is 37.3 Å². The predicted octanol–water partition coefficient (Wildman–Crippen LogP) is 3.25. The summed E-state index contributed by atoms with van der Waals surface area (Å²) < 4.78 is 10.8. The van der Waals surface area contributed by atoms with Gasteiger partial charge in [-0.2, -0.15) is 0 Å². The van der Waals surface area contributed by atoms with Crippen LogP contribution in [0.3, 0.4) is 0 Å². The lowest BCUT2D eigenvalue weighted by Crippen LogP contribution is -2.61. The fraction of sp³-hybridized carbons (Fsp3) is 0.423. The summed E-state index contributed by atoms with van der Waals surface area (Å²) in [6, 6.07) is 15.5. The molecule has 2 amide bonds. The van der Waals surface area contributed by atoms with Crippen LogP contribution in [0.5, 0.6) is 0 Å². The molecule has 2 atom stereocenters. The standard InChI is InChI=1S/C26H30N2O6/c1-3-16(2)24(25(31)28-12-17(13-28)33-15-23(29)30)27-26(32)34-14-22-20-10-6-4-8-18(20)19-9-5-7-11-21(19)22/h4-11,16-17,22,24H,3,12-15H2,1-2H3,(H,27,32)(H,29,30)/t16-,24-/m0/s1. The van der Waals surface area contributed by atoms with E-state index in [9.17, 15) is 14.4 Å². The summed E-state index contributed by atoms with van der Waals surface area (Å²) >= 11 is 0. The minimum Gasteiger partial charge on any atom is -0.480 e. The first kappa shape index (κ1) is 23.8. The second-order valence-corrected chi connectivity index (χ2v) is 8.90. The number of carbonyl (C=O) groups excluding carboxylic acids is 2.